The molecule has 17 heavy (non-hydrogen) atoms. The van der Waals surface area contributed by atoms with Crippen LogP contribution in [-0.4, -0.2) is 47.2 Å². The lowest BCUT2D eigenvalue weighted by Gasteiger charge is -2.17. The van der Waals surface area contributed by atoms with E-state index in [0.717, 1.165) is 25.9 Å². The minimum absolute atomic E-state index is 0.134. The molecule has 5 nitrogen and oxygen atoms in total. The van der Waals surface area contributed by atoms with E-state index in [-0.39, 0.29) is 17.7 Å². The number of nitrogens with zero attached hydrogens (tertiary/aromatic N) is 2. The first-order chi connectivity index (χ1) is 8.18. The highest BCUT2D eigenvalue weighted by Gasteiger charge is 2.23. The van der Waals surface area contributed by atoms with Crippen molar-refractivity contribution in [3.63, 3.8) is 0 Å². The average Bonchev–Trinajstić information content (AvgIpc) is 2.93. The third kappa shape index (κ3) is 2.72. The van der Waals surface area contributed by atoms with Crippen LogP contribution in [0.15, 0.2) is 12.2 Å². The van der Waals surface area contributed by atoms with Crippen LogP contribution in [0.25, 0.3) is 0 Å². The fourth-order valence-corrected chi connectivity index (χ4v) is 2.16. The summed E-state index contributed by atoms with van der Waals surface area (Å²) in [4.78, 5) is 37.2. The lowest BCUT2D eigenvalue weighted by atomic mass is 10.2. The number of imide groups is 1. The second kappa shape index (κ2) is 5.12. The van der Waals surface area contributed by atoms with Crippen molar-refractivity contribution in [2.24, 2.45) is 0 Å². The molecular weight excluding hydrogens is 220 g/mol. The molecule has 0 aromatic carbocycles. The number of hydrogen-bond acceptors (Lipinski definition) is 3. The summed E-state index contributed by atoms with van der Waals surface area (Å²) in [6.07, 6.45) is 5.66. The summed E-state index contributed by atoms with van der Waals surface area (Å²) in [6, 6.07) is 0. The number of carbonyl (C=O) groups excluding carboxylic acids is 3. The molecule has 0 atom stereocenters. The van der Waals surface area contributed by atoms with E-state index in [9.17, 15) is 14.4 Å². The Hall–Kier alpha value is -1.65. The van der Waals surface area contributed by atoms with Crippen LogP contribution in [0.1, 0.15) is 25.7 Å². The molecule has 1 saturated heterocycles. The predicted octanol–water partition coefficient (Wildman–Crippen LogP) is 0.314. The van der Waals surface area contributed by atoms with Gasteiger partial charge in [-0.2, -0.15) is 0 Å². The normalized spacial score (nSPS) is 19.5. The summed E-state index contributed by atoms with van der Waals surface area (Å²) >= 11 is 0. The average molecular weight is 236 g/mol. The van der Waals surface area contributed by atoms with E-state index in [2.05, 4.69) is 0 Å². The van der Waals surface area contributed by atoms with E-state index in [4.69, 9.17) is 0 Å². The Kier molecular flexibility index (Phi) is 3.56. The first-order valence-corrected chi connectivity index (χ1v) is 6.00. The lowest BCUT2D eigenvalue weighted by molar-refractivity contribution is -0.138. The van der Waals surface area contributed by atoms with Crippen LogP contribution in [0.3, 0.4) is 0 Å². The zero-order valence-corrected chi connectivity index (χ0v) is 9.72. The molecule has 3 amide bonds. The number of amides is 3. The summed E-state index contributed by atoms with van der Waals surface area (Å²) in [5, 5.41) is 0. The Labute approximate surface area is 100 Å². The van der Waals surface area contributed by atoms with Gasteiger partial charge in [0, 0.05) is 38.2 Å². The Balaban J connectivity index is 1.70. The van der Waals surface area contributed by atoms with E-state index in [1.54, 1.807) is 0 Å². The molecule has 1 fully saturated rings. The molecule has 0 aromatic rings. The highest BCUT2D eigenvalue weighted by atomic mass is 16.2. The van der Waals surface area contributed by atoms with Crippen LogP contribution in [0.2, 0.25) is 0 Å². The van der Waals surface area contributed by atoms with Crippen molar-refractivity contribution in [1.29, 1.82) is 0 Å². The van der Waals surface area contributed by atoms with Gasteiger partial charge in [-0.25, -0.2) is 0 Å². The number of rotatable bonds is 4. The van der Waals surface area contributed by atoms with Crippen LogP contribution < -0.4 is 0 Å². The van der Waals surface area contributed by atoms with Crippen molar-refractivity contribution in [2.45, 2.75) is 25.7 Å². The molecule has 0 radical (unpaired) electrons. The van der Waals surface area contributed by atoms with Gasteiger partial charge in [0.25, 0.3) is 11.8 Å². The van der Waals surface area contributed by atoms with E-state index in [0.29, 0.717) is 19.4 Å². The van der Waals surface area contributed by atoms with Gasteiger partial charge in [-0.1, -0.05) is 0 Å². The Bertz CT molecular complexity index is 352. The van der Waals surface area contributed by atoms with Gasteiger partial charge < -0.3 is 4.90 Å². The summed E-state index contributed by atoms with van der Waals surface area (Å²) in [7, 11) is 0. The molecule has 5 heteroatoms. The highest BCUT2D eigenvalue weighted by Crippen LogP contribution is 2.11. The van der Waals surface area contributed by atoms with Gasteiger partial charge in [0.1, 0.15) is 0 Å². The molecule has 0 unspecified atom stereocenters. The third-order valence-electron chi connectivity index (χ3n) is 3.13. The van der Waals surface area contributed by atoms with Crippen molar-refractivity contribution in [2.75, 3.05) is 19.6 Å². The standard InChI is InChI=1S/C12H16N2O3/c15-10(13-7-1-2-8-13)4-3-9-14-11(16)5-6-12(14)17/h5-6H,1-4,7-9H2. The molecular formula is C12H16N2O3. The molecule has 2 rings (SSSR count). The van der Waals surface area contributed by atoms with Crippen LogP contribution >= 0.6 is 0 Å². The summed E-state index contributed by atoms with van der Waals surface area (Å²) < 4.78 is 0. The first-order valence-electron chi connectivity index (χ1n) is 6.00. The molecule has 0 aromatic heterocycles. The van der Waals surface area contributed by atoms with Gasteiger partial charge in [-0.05, 0) is 19.3 Å². The SMILES string of the molecule is O=C(CCCN1C(=O)C=CC1=O)N1CCCC1. The second-order valence-electron chi connectivity index (χ2n) is 4.35. The molecule has 2 aliphatic rings. The van der Waals surface area contributed by atoms with Crippen molar-refractivity contribution >= 4 is 17.7 Å². The molecule has 0 N–H and O–H groups in total. The van der Waals surface area contributed by atoms with Crippen molar-refractivity contribution < 1.29 is 14.4 Å². The summed E-state index contributed by atoms with van der Waals surface area (Å²) in [6.45, 7) is 2.04. The maximum absolute atomic E-state index is 11.7. The van der Waals surface area contributed by atoms with Crippen molar-refractivity contribution in [3.05, 3.63) is 12.2 Å². The molecule has 2 heterocycles. The second-order valence-corrected chi connectivity index (χ2v) is 4.35. The quantitative estimate of drug-likeness (QED) is 0.660. The lowest BCUT2D eigenvalue weighted by Crippen LogP contribution is -2.32. The van der Waals surface area contributed by atoms with E-state index in [1.165, 1.54) is 17.1 Å². The summed E-state index contributed by atoms with van der Waals surface area (Å²) in [5.41, 5.74) is 0. The molecule has 0 aliphatic carbocycles. The third-order valence-corrected chi connectivity index (χ3v) is 3.13. The van der Waals surface area contributed by atoms with Crippen LogP contribution in [-0.2, 0) is 14.4 Å². The van der Waals surface area contributed by atoms with Gasteiger partial charge in [0.15, 0.2) is 0 Å². The molecule has 0 saturated carbocycles. The van der Waals surface area contributed by atoms with Crippen molar-refractivity contribution in [1.82, 2.24) is 9.80 Å². The zero-order chi connectivity index (χ0) is 12.3. The highest BCUT2D eigenvalue weighted by molar-refractivity contribution is 6.12. The Morgan fingerprint density at radius 2 is 1.71 bits per heavy atom. The van der Waals surface area contributed by atoms with Crippen LogP contribution in [0.4, 0.5) is 0 Å². The van der Waals surface area contributed by atoms with Gasteiger partial charge >= 0.3 is 0 Å². The predicted molar refractivity (Wildman–Crippen MR) is 60.9 cm³/mol. The fraction of sp³-hybridized carbons (Fsp3) is 0.583. The van der Waals surface area contributed by atoms with E-state index < -0.39 is 0 Å². The minimum Gasteiger partial charge on any atom is -0.343 e. The summed E-state index contributed by atoms with van der Waals surface area (Å²) in [5.74, 6) is -0.415. The maximum atomic E-state index is 11.7. The smallest absolute Gasteiger partial charge is 0.253 e. The van der Waals surface area contributed by atoms with Crippen LogP contribution in [0.5, 0.6) is 0 Å². The maximum Gasteiger partial charge on any atom is 0.253 e. The van der Waals surface area contributed by atoms with E-state index in [1.807, 2.05) is 4.90 Å². The largest absolute Gasteiger partial charge is 0.343 e. The number of carbonyl (C=O) groups is 3. The molecule has 0 spiro atoms. The van der Waals surface area contributed by atoms with E-state index >= 15 is 0 Å². The minimum atomic E-state index is -0.274. The topological polar surface area (TPSA) is 57.7 Å². The van der Waals surface area contributed by atoms with Gasteiger partial charge in [0.05, 0.1) is 0 Å². The van der Waals surface area contributed by atoms with Gasteiger partial charge in [-0.3, -0.25) is 19.3 Å². The van der Waals surface area contributed by atoms with Crippen molar-refractivity contribution in [3.8, 4) is 0 Å². The monoisotopic (exact) mass is 236 g/mol. The molecule has 92 valence electrons. The fourth-order valence-electron chi connectivity index (χ4n) is 2.16. The van der Waals surface area contributed by atoms with Gasteiger partial charge in [0.2, 0.25) is 5.91 Å². The molecule has 2 aliphatic heterocycles. The number of hydrogen-bond donors (Lipinski definition) is 0. The molecule has 0 bridgehead atoms. The van der Waals surface area contributed by atoms with Gasteiger partial charge in [-0.15, -0.1) is 0 Å². The zero-order valence-electron chi connectivity index (χ0n) is 9.72. The Morgan fingerprint density at radius 3 is 2.29 bits per heavy atom. The Morgan fingerprint density at radius 1 is 1.12 bits per heavy atom. The number of likely N-dealkylation sites (tertiary alicyclic amines) is 1. The van der Waals surface area contributed by atoms with Crippen LogP contribution in [0, 0.1) is 0 Å². The first kappa shape index (κ1) is 11.8.